The molecule has 0 fully saturated rings. The summed E-state index contributed by atoms with van der Waals surface area (Å²) < 4.78 is 0. The van der Waals surface area contributed by atoms with Gasteiger partial charge in [0.1, 0.15) is 5.82 Å². The van der Waals surface area contributed by atoms with Gasteiger partial charge in [-0.25, -0.2) is 4.98 Å². The van der Waals surface area contributed by atoms with Gasteiger partial charge in [0.05, 0.1) is 0 Å². The van der Waals surface area contributed by atoms with Gasteiger partial charge < -0.3 is 4.90 Å². The molecule has 74 valence electrons. The van der Waals surface area contributed by atoms with E-state index >= 15 is 0 Å². The molecule has 2 heteroatoms. The average molecular weight is 188 g/mol. The third-order valence-corrected chi connectivity index (χ3v) is 1.92. The lowest BCUT2D eigenvalue weighted by Crippen LogP contribution is -2.23. The van der Waals surface area contributed by atoms with E-state index < -0.39 is 0 Å². The summed E-state index contributed by atoms with van der Waals surface area (Å²) in [6.45, 7) is 11.1. The number of aromatic nitrogens is 1. The summed E-state index contributed by atoms with van der Waals surface area (Å²) in [6, 6.07) is 4.07. The Hall–Kier alpha value is -1.57. The number of rotatable bonds is 5. The molecule has 2 nitrogen and oxygen atoms in total. The first-order chi connectivity index (χ1) is 6.77. The first kappa shape index (κ1) is 10.5. The van der Waals surface area contributed by atoms with Crippen molar-refractivity contribution in [1.29, 1.82) is 0 Å². The molecule has 0 radical (unpaired) electrons. The van der Waals surface area contributed by atoms with Crippen LogP contribution in [0, 0.1) is 6.92 Å². The summed E-state index contributed by atoms with van der Waals surface area (Å²) in [5.74, 6) is 0.968. The number of pyridine rings is 1. The second kappa shape index (κ2) is 5.22. The first-order valence-corrected chi connectivity index (χ1v) is 4.67. The van der Waals surface area contributed by atoms with Crippen LogP contribution in [0.3, 0.4) is 0 Å². The number of hydrogen-bond acceptors (Lipinski definition) is 2. The monoisotopic (exact) mass is 188 g/mol. The lowest BCUT2D eigenvalue weighted by atomic mass is 10.3. The highest BCUT2D eigenvalue weighted by molar-refractivity contribution is 5.40. The second-order valence-electron chi connectivity index (χ2n) is 3.18. The van der Waals surface area contributed by atoms with Crippen LogP contribution in [0.2, 0.25) is 0 Å². The van der Waals surface area contributed by atoms with E-state index in [1.165, 1.54) is 5.56 Å². The normalized spacial score (nSPS) is 9.50. The van der Waals surface area contributed by atoms with E-state index in [1.807, 2.05) is 31.3 Å². The van der Waals surface area contributed by atoms with Gasteiger partial charge in [-0.05, 0) is 18.6 Å². The summed E-state index contributed by atoms with van der Waals surface area (Å²) in [5.41, 5.74) is 1.17. The van der Waals surface area contributed by atoms with Crippen LogP contribution in [0.25, 0.3) is 0 Å². The molecule has 0 aliphatic heterocycles. The van der Waals surface area contributed by atoms with Crippen LogP contribution in [0.15, 0.2) is 43.6 Å². The molecule has 0 spiro atoms. The fourth-order valence-electron chi connectivity index (χ4n) is 1.22. The van der Waals surface area contributed by atoms with Gasteiger partial charge in [0.2, 0.25) is 0 Å². The minimum Gasteiger partial charge on any atom is -0.349 e. The van der Waals surface area contributed by atoms with E-state index in [-0.39, 0.29) is 0 Å². The zero-order valence-electron chi connectivity index (χ0n) is 8.61. The fraction of sp³-hybridized carbons (Fsp3) is 0.250. The van der Waals surface area contributed by atoms with Crippen molar-refractivity contribution in [3.8, 4) is 0 Å². The van der Waals surface area contributed by atoms with Crippen LogP contribution < -0.4 is 4.90 Å². The zero-order valence-corrected chi connectivity index (χ0v) is 8.61. The average Bonchev–Trinajstić information content (AvgIpc) is 2.19. The van der Waals surface area contributed by atoms with E-state index in [0.717, 1.165) is 18.9 Å². The first-order valence-electron chi connectivity index (χ1n) is 4.67. The molecular weight excluding hydrogens is 172 g/mol. The van der Waals surface area contributed by atoms with E-state index in [4.69, 9.17) is 0 Å². The standard InChI is InChI=1S/C12H16N2/c1-4-8-14(9-5-2)12-7-6-11(3)10-13-12/h4-7,10H,1-2,8-9H2,3H3. The molecule has 0 unspecified atom stereocenters. The maximum absolute atomic E-state index is 4.35. The summed E-state index contributed by atoms with van der Waals surface area (Å²) in [6.07, 6.45) is 5.60. The Morgan fingerprint density at radius 1 is 1.29 bits per heavy atom. The summed E-state index contributed by atoms with van der Waals surface area (Å²) in [4.78, 5) is 6.46. The molecule has 0 N–H and O–H groups in total. The van der Waals surface area contributed by atoms with Crippen molar-refractivity contribution in [2.45, 2.75) is 6.92 Å². The summed E-state index contributed by atoms with van der Waals surface area (Å²) >= 11 is 0. The van der Waals surface area contributed by atoms with Crippen molar-refractivity contribution >= 4 is 5.82 Å². The van der Waals surface area contributed by atoms with Crippen molar-refractivity contribution in [2.75, 3.05) is 18.0 Å². The molecule has 0 amide bonds. The number of aryl methyl sites for hydroxylation is 1. The van der Waals surface area contributed by atoms with Gasteiger partial charge in [-0.15, -0.1) is 13.2 Å². The topological polar surface area (TPSA) is 16.1 Å². The van der Waals surface area contributed by atoms with Gasteiger partial charge in [-0.3, -0.25) is 0 Å². The maximum atomic E-state index is 4.35. The van der Waals surface area contributed by atoms with E-state index in [0.29, 0.717) is 0 Å². The van der Waals surface area contributed by atoms with E-state index in [9.17, 15) is 0 Å². The maximum Gasteiger partial charge on any atom is 0.129 e. The molecule has 1 aromatic rings. The van der Waals surface area contributed by atoms with Crippen molar-refractivity contribution in [2.24, 2.45) is 0 Å². The Morgan fingerprint density at radius 2 is 1.93 bits per heavy atom. The van der Waals surface area contributed by atoms with Crippen molar-refractivity contribution in [3.63, 3.8) is 0 Å². The number of anilines is 1. The van der Waals surface area contributed by atoms with Crippen LogP contribution in [0.5, 0.6) is 0 Å². The molecule has 0 bridgehead atoms. The predicted molar refractivity (Wildman–Crippen MR) is 61.6 cm³/mol. The Labute approximate surface area is 85.6 Å². The molecule has 1 aromatic heterocycles. The van der Waals surface area contributed by atoms with E-state index in [1.54, 1.807) is 0 Å². The highest BCUT2D eigenvalue weighted by Gasteiger charge is 2.02. The Kier molecular flexibility index (Phi) is 3.92. The second-order valence-corrected chi connectivity index (χ2v) is 3.18. The molecule has 1 rings (SSSR count). The predicted octanol–water partition coefficient (Wildman–Crippen LogP) is 2.57. The highest BCUT2D eigenvalue weighted by Crippen LogP contribution is 2.10. The van der Waals surface area contributed by atoms with Crippen molar-refractivity contribution < 1.29 is 0 Å². The molecule has 0 aliphatic carbocycles. The highest BCUT2D eigenvalue weighted by atomic mass is 15.2. The van der Waals surface area contributed by atoms with Crippen LogP contribution in [0.1, 0.15) is 5.56 Å². The molecule has 0 aromatic carbocycles. The minimum absolute atomic E-state index is 0.794. The van der Waals surface area contributed by atoms with Gasteiger partial charge in [-0.1, -0.05) is 18.2 Å². The zero-order chi connectivity index (χ0) is 10.4. The number of hydrogen-bond donors (Lipinski definition) is 0. The summed E-state index contributed by atoms with van der Waals surface area (Å²) in [5, 5.41) is 0. The Bertz CT molecular complexity index is 291. The molecule has 0 saturated carbocycles. The largest absolute Gasteiger partial charge is 0.349 e. The molecule has 14 heavy (non-hydrogen) atoms. The van der Waals surface area contributed by atoms with Crippen LogP contribution in [0.4, 0.5) is 5.82 Å². The quantitative estimate of drug-likeness (QED) is 0.660. The molecule has 0 atom stereocenters. The third-order valence-electron chi connectivity index (χ3n) is 1.92. The molecule has 0 saturated heterocycles. The summed E-state index contributed by atoms with van der Waals surface area (Å²) in [7, 11) is 0. The SMILES string of the molecule is C=CCN(CC=C)c1ccc(C)cn1. The fourth-order valence-corrected chi connectivity index (χ4v) is 1.22. The minimum atomic E-state index is 0.794. The molecular formula is C12H16N2. The lowest BCUT2D eigenvalue weighted by molar-refractivity contribution is 0.924. The van der Waals surface area contributed by atoms with Crippen molar-refractivity contribution in [3.05, 3.63) is 49.2 Å². The Morgan fingerprint density at radius 3 is 2.36 bits per heavy atom. The molecule has 0 aliphatic rings. The third kappa shape index (κ3) is 2.73. The van der Waals surface area contributed by atoms with Crippen LogP contribution in [-0.2, 0) is 0 Å². The van der Waals surface area contributed by atoms with Gasteiger partial charge in [0, 0.05) is 19.3 Å². The van der Waals surface area contributed by atoms with Gasteiger partial charge in [0.15, 0.2) is 0 Å². The van der Waals surface area contributed by atoms with Crippen LogP contribution >= 0.6 is 0 Å². The molecule has 1 heterocycles. The Balaban J connectivity index is 2.80. The van der Waals surface area contributed by atoms with Gasteiger partial charge in [-0.2, -0.15) is 0 Å². The lowest BCUT2D eigenvalue weighted by Gasteiger charge is -2.20. The van der Waals surface area contributed by atoms with Gasteiger partial charge >= 0.3 is 0 Å². The van der Waals surface area contributed by atoms with Gasteiger partial charge in [0.25, 0.3) is 0 Å². The van der Waals surface area contributed by atoms with Crippen LogP contribution in [-0.4, -0.2) is 18.1 Å². The van der Waals surface area contributed by atoms with E-state index in [2.05, 4.69) is 29.1 Å². The number of nitrogens with zero attached hydrogens (tertiary/aromatic N) is 2. The smallest absolute Gasteiger partial charge is 0.129 e. The van der Waals surface area contributed by atoms with Crippen molar-refractivity contribution in [1.82, 2.24) is 4.98 Å².